The van der Waals surface area contributed by atoms with Crippen molar-refractivity contribution >= 4 is 17.6 Å². The summed E-state index contributed by atoms with van der Waals surface area (Å²) in [5.41, 5.74) is 1.64. The molecule has 24 heavy (non-hydrogen) atoms. The van der Waals surface area contributed by atoms with Gasteiger partial charge in [0.05, 0.1) is 13.1 Å². The third kappa shape index (κ3) is 6.08. The van der Waals surface area contributed by atoms with Gasteiger partial charge in [0, 0.05) is 12.2 Å². The van der Waals surface area contributed by atoms with Crippen molar-refractivity contribution in [3.63, 3.8) is 0 Å². The van der Waals surface area contributed by atoms with E-state index in [1.54, 1.807) is 0 Å². The van der Waals surface area contributed by atoms with Crippen LogP contribution in [-0.2, 0) is 11.3 Å². The fourth-order valence-corrected chi connectivity index (χ4v) is 2.00. The molecule has 0 aliphatic heterocycles. The fourth-order valence-electron chi connectivity index (χ4n) is 2.00. The van der Waals surface area contributed by atoms with Gasteiger partial charge in [-0.25, -0.2) is 9.38 Å². The highest BCUT2D eigenvalue weighted by atomic mass is 19.1. The maximum absolute atomic E-state index is 12.8. The van der Waals surface area contributed by atoms with Crippen LogP contribution in [0.2, 0.25) is 0 Å². The van der Waals surface area contributed by atoms with Gasteiger partial charge in [-0.2, -0.15) is 0 Å². The first-order valence-corrected chi connectivity index (χ1v) is 7.79. The number of anilines is 1. The molecule has 0 fully saturated rings. The second-order valence-electron chi connectivity index (χ2n) is 5.09. The third-order valence-corrected chi connectivity index (χ3v) is 3.15. The average molecular weight is 328 g/mol. The molecule has 0 saturated carbocycles. The van der Waals surface area contributed by atoms with E-state index in [4.69, 9.17) is 0 Å². The van der Waals surface area contributed by atoms with Crippen LogP contribution in [0.3, 0.4) is 0 Å². The van der Waals surface area contributed by atoms with Crippen LogP contribution in [0, 0.1) is 5.82 Å². The molecule has 0 heterocycles. The number of benzene rings is 2. The molecule has 0 radical (unpaired) electrons. The first-order chi connectivity index (χ1) is 11.7. The van der Waals surface area contributed by atoms with Gasteiger partial charge in [-0.3, -0.25) is 4.79 Å². The van der Waals surface area contributed by atoms with Gasteiger partial charge in [-0.05, 0) is 36.8 Å². The molecule has 0 bridgehead atoms. The quantitative estimate of drug-likeness (QED) is 0.564. The lowest BCUT2D eigenvalue weighted by molar-refractivity contribution is -0.115. The lowest BCUT2D eigenvalue weighted by Gasteiger charge is -2.11. The molecule has 0 aliphatic rings. The molecule has 0 aliphatic carbocycles. The summed E-state index contributed by atoms with van der Waals surface area (Å²) < 4.78 is 12.8. The third-order valence-electron chi connectivity index (χ3n) is 3.15. The number of carbonyl (C=O) groups excluding carboxylic acids is 1. The summed E-state index contributed by atoms with van der Waals surface area (Å²) in [6.45, 7) is 3.24. The summed E-state index contributed by atoms with van der Waals surface area (Å²) in [6, 6.07) is 15.5. The molecule has 2 aromatic rings. The summed E-state index contributed by atoms with van der Waals surface area (Å²) in [4.78, 5) is 16.4. The molecule has 5 nitrogen and oxygen atoms in total. The van der Waals surface area contributed by atoms with Crippen LogP contribution in [0.15, 0.2) is 59.6 Å². The Hall–Kier alpha value is -2.89. The van der Waals surface area contributed by atoms with E-state index >= 15 is 0 Å². The molecule has 3 N–H and O–H groups in total. The van der Waals surface area contributed by atoms with Gasteiger partial charge < -0.3 is 16.0 Å². The average Bonchev–Trinajstić information content (AvgIpc) is 2.60. The molecule has 0 spiro atoms. The summed E-state index contributed by atoms with van der Waals surface area (Å²) in [7, 11) is 0. The predicted molar refractivity (Wildman–Crippen MR) is 94.3 cm³/mol. The van der Waals surface area contributed by atoms with Crippen molar-refractivity contribution < 1.29 is 9.18 Å². The zero-order valence-corrected chi connectivity index (χ0v) is 13.6. The van der Waals surface area contributed by atoms with Crippen LogP contribution < -0.4 is 16.0 Å². The minimum absolute atomic E-state index is 0.0675. The first kappa shape index (κ1) is 17.5. The molecule has 0 aromatic heterocycles. The van der Waals surface area contributed by atoms with Gasteiger partial charge in [0.1, 0.15) is 5.82 Å². The van der Waals surface area contributed by atoms with Gasteiger partial charge in [0.15, 0.2) is 5.96 Å². The molecule has 126 valence electrons. The van der Waals surface area contributed by atoms with Gasteiger partial charge in [-0.15, -0.1) is 0 Å². The molecule has 1 amide bonds. The minimum Gasteiger partial charge on any atom is -0.357 e. The highest BCUT2D eigenvalue weighted by Gasteiger charge is 2.04. The Kier molecular flexibility index (Phi) is 6.76. The number of nitrogens with zero attached hydrogens (tertiary/aromatic N) is 1. The van der Waals surface area contributed by atoms with Crippen molar-refractivity contribution in [1.82, 2.24) is 10.6 Å². The Balaban J connectivity index is 1.85. The first-order valence-electron chi connectivity index (χ1n) is 7.79. The number of carbonyl (C=O) groups is 1. The maximum Gasteiger partial charge on any atom is 0.243 e. The molecule has 2 rings (SSSR count). The Morgan fingerprint density at radius 2 is 1.75 bits per heavy atom. The molecule has 0 saturated heterocycles. The maximum atomic E-state index is 12.8. The lowest BCUT2D eigenvalue weighted by atomic mass is 10.2. The zero-order chi connectivity index (χ0) is 17.2. The number of guanidine groups is 1. The highest BCUT2D eigenvalue weighted by molar-refractivity contribution is 5.94. The molecule has 0 atom stereocenters. The van der Waals surface area contributed by atoms with E-state index < -0.39 is 0 Å². The van der Waals surface area contributed by atoms with Crippen molar-refractivity contribution in [3.05, 3.63) is 66.0 Å². The summed E-state index contributed by atoms with van der Waals surface area (Å²) in [6.07, 6.45) is 0. The SMILES string of the molecule is CCNC(=NCc1ccccc1)NCC(=O)Nc1ccc(F)cc1. The second-order valence-corrected chi connectivity index (χ2v) is 5.09. The Bertz CT molecular complexity index is 671. The Morgan fingerprint density at radius 1 is 1.04 bits per heavy atom. The summed E-state index contributed by atoms with van der Waals surface area (Å²) in [5.74, 6) is -0.00358. The van der Waals surface area contributed by atoms with Gasteiger partial charge in [0.25, 0.3) is 0 Å². The van der Waals surface area contributed by atoms with Crippen molar-refractivity contribution in [3.8, 4) is 0 Å². The number of amides is 1. The van der Waals surface area contributed by atoms with E-state index in [2.05, 4.69) is 20.9 Å². The monoisotopic (exact) mass is 328 g/mol. The number of nitrogens with one attached hydrogen (secondary N) is 3. The van der Waals surface area contributed by atoms with Gasteiger partial charge in [0.2, 0.25) is 5.91 Å². The highest BCUT2D eigenvalue weighted by Crippen LogP contribution is 2.07. The van der Waals surface area contributed by atoms with Crippen LogP contribution >= 0.6 is 0 Å². The molecular weight excluding hydrogens is 307 g/mol. The van der Waals surface area contributed by atoms with E-state index in [9.17, 15) is 9.18 Å². The lowest BCUT2D eigenvalue weighted by Crippen LogP contribution is -2.41. The second kappa shape index (κ2) is 9.29. The Labute approximate surface area is 141 Å². The molecule has 0 unspecified atom stereocenters. The normalized spacial score (nSPS) is 11.0. The topological polar surface area (TPSA) is 65.5 Å². The Morgan fingerprint density at radius 3 is 2.42 bits per heavy atom. The van der Waals surface area contributed by atoms with E-state index in [0.29, 0.717) is 24.7 Å². The van der Waals surface area contributed by atoms with Crippen LogP contribution in [0.1, 0.15) is 12.5 Å². The standard InChI is InChI=1S/C18H21FN4O/c1-2-20-18(21-12-14-6-4-3-5-7-14)22-13-17(24)23-16-10-8-15(19)9-11-16/h3-11H,2,12-13H2,1H3,(H,23,24)(H2,20,21,22). The molecule has 2 aromatic carbocycles. The summed E-state index contributed by atoms with van der Waals surface area (Å²) in [5, 5.41) is 8.75. The largest absolute Gasteiger partial charge is 0.357 e. The van der Waals surface area contributed by atoms with E-state index in [1.165, 1.54) is 24.3 Å². The zero-order valence-electron chi connectivity index (χ0n) is 13.6. The predicted octanol–water partition coefficient (Wildman–Crippen LogP) is 2.52. The fraction of sp³-hybridized carbons (Fsp3) is 0.222. The van der Waals surface area contributed by atoms with Crippen molar-refractivity contribution in [2.75, 3.05) is 18.4 Å². The van der Waals surface area contributed by atoms with Crippen LogP contribution in [0.4, 0.5) is 10.1 Å². The number of hydrogen-bond donors (Lipinski definition) is 3. The van der Waals surface area contributed by atoms with Crippen molar-refractivity contribution in [2.24, 2.45) is 4.99 Å². The van der Waals surface area contributed by atoms with Gasteiger partial charge >= 0.3 is 0 Å². The minimum atomic E-state index is -0.339. The van der Waals surface area contributed by atoms with E-state index in [1.807, 2.05) is 37.3 Å². The number of rotatable bonds is 6. The molecular formula is C18H21FN4O. The van der Waals surface area contributed by atoms with Crippen molar-refractivity contribution in [2.45, 2.75) is 13.5 Å². The van der Waals surface area contributed by atoms with E-state index in [0.717, 1.165) is 5.56 Å². The molecule has 6 heteroatoms. The summed E-state index contributed by atoms with van der Waals surface area (Å²) >= 11 is 0. The van der Waals surface area contributed by atoms with Gasteiger partial charge in [-0.1, -0.05) is 30.3 Å². The smallest absolute Gasteiger partial charge is 0.243 e. The van der Waals surface area contributed by atoms with Crippen LogP contribution in [-0.4, -0.2) is 25.0 Å². The van der Waals surface area contributed by atoms with E-state index in [-0.39, 0.29) is 18.3 Å². The number of hydrogen-bond acceptors (Lipinski definition) is 2. The van der Waals surface area contributed by atoms with Crippen LogP contribution in [0.25, 0.3) is 0 Å². The van der Waals surface area contributed by atoms with Crippen LogP contribution in [0.5, 0.6) is 0 Å². The van der Waals surface area contributed by atoms with Crippen molar-refractivity contribution in [1.29, 1.82) is 0 Å². The number of halogens is 1. The number of aliphatic imine (C=N–C) groups is 1.